The van der Waals surface area contributed by atoms with Crippen LogP contribution >= 0.6 is 0 Å². The van der Waals surface area contributed by atoms with E-state index in [-0.39, 0.29) is 30.1 Å². The van der Waals surface area contributed by atoms with E-state index in [0.717, 1.165) is 24.2 Å². The first-order valence-electron chi connectivity index (χ1n) is 8.77. The van der Waals surface area contributed by atoms with Crippen LogP contribution in [0, 0.1) is 5.82 Å². The van der Waals surface area contributed by atoms with Crippen molar-refractivity contribution in [1.29, 1.82) is 0 Å². The van der Waals surface area contributed by atoms with Crippen LogP contribution in [0.15, 0.2) is 42.5 Å². The fourth-order valence-electron chi connectivity index (χ4n) is 3.29. The largest absolute Gasteiger partial charge is 0.351 e. The molecular weight excluding hydrogens is 333 g/mol. The highest BCUT2D eigenvalue weighted by atomic mass is 19.1. The molecule has 1 aliphatic heterocycles. The molecule has 0 radical (unpaired) electrons. The van der Waals surface area contributed by atoms with Crippen LogP contribution < -0.4 is 5.32 Å². The smallest absolute Gasteiger partial charge is 0.227 e. The van der Waals surface area contributed by atoms with E-state index in [1.54, 1.807) is 12.1 Å². The van der Waals surface area contributed by atoms with E-state index in [9.17, 15) is 14.0 Å². The Morgan fingerprint density at radius 2 is 2.08 bits per heavy atom. The zero-order valence-corrected chi connectivity index (χ0v) is 14.7. The molecule has 1 atom stereocenters. The number of halogens is 1. The average Bonchev–Trinajstić information content (AvgIpc) is 3.10. The lowest BCUT2D eigenvalue weighted by molar-refractivity contribution is -0.131. The topological polar surface area (TPSA) is 62.3 Å². The maximum Gasteiger partial charge on any atom is 0.227 e. The van der Waals surface area contributed by atoms with E-state index < -0.39 is 0 Å². The van der Waals surface area contributed by atoms with Crippen molar-refractivity contribution in [3.63, 3.8) is 0 Å². The van der Waals surface area contributed by atoms with Crippen LogP contribution in [0.25, 0.3) is 0 Å². The highest BCUT2D eigenvalue weighted by Crippen LogP contribution is 2.31. The summed E-state index contributed by atoms with van der Waals surface area (Å²) in [5, 5.41) is 2.73. The van der Waals surface area contributed by atoms with E-state index in [4.69, 9.17) is 0 Å². The molecule has 1 aliphatic rings. The number of carbonyl (C=O) groups is 2. The predicted molar refractivity (Wildman–Crippen MR) is 95.5 cm³/mol. The Kier molecular flexibility index (Phi) is 5.61. The number of nitrogens with one attached hydrogen (secondary N) is 1. The summed E-state index contributed by atoms with van der Waals surface area (Å²) in [6.45, 7) is 2.51. The summed E-state index contributed by atoms with van der Waals surface area (Å²) in [5.74, 6) is -0.460. The van der Waals surface area contributed by atoms with Gasteiger partial charge in [-0.25, -0.2) is 4.39 Å². The van der Waals surface area contributed by atoms with Crippen LogP contribution in [0.3, 0.4) is 0 Å². The second-order valence-corrected chi connectivity index (χ2v) is 6.52. The summed E-state index contributed by atoms with van der Waals surface area (Å²) >= 11 is 0. The SMILES string of the molecule is CC(=O)NCc1cccc([C@@H]2CCCN2C(=O)Cc2cccc(F)c2)n1. The molecule has 1 saturated heterocycles. The molecule has 2 aromatic rings. The Balaban J connectivity index is 1.72. The fourth-order valence-corrected chi connectivity index (χ4v) is 3.29. The zero-order valence-electron chi connectivity index (χ0n) is 14.7. The molecule has 26 heavy (non-hydrogen) atoms. The Hall–Kier alpha value is -2.76. The van der Waals surface area contributed by atoms with Gasteiger partial charge in [0.1, 0.15) is 5.82 Å². The highest BCUT2D eigenvalue weighted by Gasteiger charge is 2.30. The molecule has 1 N–H and O–H groups in total. The summed E-state index contributed by atoms with van der Waals surface area (Å²) in [5.41, 5.74) is 2.27. The molecule has 1 fully saturated rings. The van der Waals surface area contributed by atoms with Crippen molar-refractivity contribution in [2.24, 2.45) is 0 Å². The molecule has 1 aromatic carbocycles. The van der Waals surface area contributed by atoms with Crippen molar-refractivity contribution in [3.05, 3.63) is 65.2 Å². The monoisotopic (exact) mass is 355 g/mol. The van der Waals surface area contributed by atoms with Crippen LogP contribution in [-0.4, -0.2) is 28.2 Å². The molecule has 0 bridgehead atoms. The van der Waals surface area contributed by atoms with Gasteiger partial charge in [-0.05, 0) is 42.7 Å². The first-order valence-corrected chi connectivity index (χ1v) is 8.77. The molecule has 2 amide bonds. The van der Waals surface area contributed by atoms with Crippen LogP contribution in [0.4, 0.5) is 4.39 Å². The van der Waals surface area contributed by atoms with Gasteiger partial charge < -0.3 is 10.2 Å². The third kappa shape index (κ3) is 4.45. The van der Waals surface area contributed by atoms with Gasteiger partial charge in [-0.15, -0.1) is 0 Å². The molecule has 0 aliphatic carbocycles. The number of pyridine rings is 1. The van der Waals surface area contributed by atoms with Crippen molar-refractivity contribution in [3.8, 4) is 0 Å². The van der Waals surface area contributed by atoms with E-state index in [1.165, 1.54) is 19.1 Å². The van der Waals surface area contributed by atoms with Crippen molar-refractivity contribution in [2.75, 3.05) is 6.54 Å². The standard InChI is InChI=1S/C20H22FN3O2/c1-14(25)22-13-17-7-3-8-18(23-17)19-9-4-10-24(19)20(26)12-15-5-2-6-16(21)11-15/h2-3,5-8,11,19H,4,9-10,12-13H2,1H3,(H,22,25)/t19-/m0/s1. The van der Waals surface area contributed by atoms with E-state index in [2.05, 4.69) is 10.3 Å². The van der Waals surface area contributed by atoms with Gasteiger partial charge in [0.05, 0.1) is 30.4 Å². The average molecular weight is 355 g/mol. The summed E-state index contributed by atoms with van der Waals surface area (Å²) in [6.07, 6.45) is 1.95. The van der Waals surface area contributed by atoms with Gasteiger partial charge >= 0.3 is 0 Å². The number of carbonyl (C=O) groups excluding carboxylic acids is 2. The highest BCUT2D eigenvalue weighted by molar-refractivity contribution is 5.79. The maximum atomic E-state index is 13.3. The van der Waals surface area contributed by atoms with E-state index in [1.807, 2.05) is 23.1 Å². The molecule has 0 spiro atoms. The summed E-state index contributed by atoms with van der Waals surface area (Å²) in [7, 11) is 0. The Labute approximate surface area is 152 Å². The summed E-state index contributed by atoms with van der Waals surface area (Å²) in [4.78, 5) is 30.2. The number of rotatable bonds is 5. The summed E-state index contributed by atoms with van der Waals surface area (Å²) < 4.78 is 13.3. The zero-order chi connectivity index (χ0) is 18.5. The van der Waals surface area contributed by atoms with Gasteiger partial charge in [0, 0.05) is 13.5 Å². The molecule has 0 unspecified atom stereocenters. The van der Waals surface area contributed by atoms with Crippen LogP contribution in [0.5, 0.6) is 0 Å². The molecule has 1 aromatic heterocycles. The second-order valence-electron chi connectivity index (χ2n) is 6.52. The molecular formula is C20H22FN3O2. The molecule has 6 heteroatoms. The van der Waals surface area contributed by atoms with Gasteiger partial charge in [0.2, 0.25) is 11.8 Å². The number of likely N-dealkylation sites (tertiary alicyclic amines) is 1. The molecule has 5 nitrogen and oxygen atoms in total. The van der Waals surface area contributed by atoms with Crippen LogP contribution in [0.1, 0.15) is 42.8 Å². The Morgan fingerprint density at radius 1 is 1.27 bits per heavy atom. The Morgan fingerprint density at radius 3 is 2.85 bits per heavy atom. The third-order valence-electron chi connectivity index (χ3n) is 4.51. The van der Waals surface area contributed by atoms with Crippen molar-refractivity contribution in [1.82, 2.24) is 15.2 Å². The minimum absolute atomic E-state index is 0.0211. The van der Waals surface area contributed by atoms with E-state index in [0.29, 0.717) is 18.7 Å². The van der Waals surface area contributed by atoms with Gasteiger partial charge in [-0.1, -0.05) is 18.2 Å². The predicted octanol–water partition coefficient (Wildman–Crippen LogP) is 2.76. The molecule has 3 rings (SSSR count). The number of benzene rings is 1. The first-order chi connectivity index (χ1) is 12.5. The van der Waals surface area contributed by atoms with Gasteiger partial charge in [-0.2, -0.15) is 0 Å². The lowest BCUT2D eigenvalue weighted by Crippen LogP contribution is -2.32. The minimum atomic E-state index is -0.333. The number of aromatic nitrogens is 1. The summed E-state index contributed by atoms with van der Waals surface area (Å²) in [6, 6.07) is 11.7. The number of nitrogens with zero attached hydrogens (tertiary/aromatic N) is 2. The minimum Gasteiger partial charge on any atom is -0.351 e. The second kappa shape index (κ2) is 8.08. The quantitative estimate of drug-likeness (QED) is 0.897. The van der Waals surface area contributed by atoms with Crippen molar-refractivity contribution in [2.45, 2.75) is 38.8 Å². The Bertz CT molecular complexity index is 809. The van der Waals surface area contributed by atoms with Crippen molar-refractivity contribution < 1.29 is 14.0 Å². The van der Waals surface area contributed by atoms with Gasteiger partial charge in [-0.3, -0.25) is 14.6 Å². The van der Waals surface area contributed by atoms with Crippen LogP contribution in [0.2, 0.25) is 0 Å². The van der Waals surface area contributed by atoms with Crippen LogP contribution in [-0.2, 0) is 22.6 Å². The van der Waals surface area contributed by atoms with E-state index >= 15 is 0 Å². The first kappa shape index (κ1) is 18.0. The molecule has 0 saturated carbocycles. The molecule has 2 heterocycles. The lowest BCUT2D eigenvalue weighted by atomic mass is 10.1. The van der Waals surface area contributed by atoms with Gasteiger partial charge in [0.25, 0.3) is 0 Å². The number of amides is 2. The normalized spacial score (nSPS) is 16.5. The fraction of sp³-hybridized carbons (Fsp3) is 0.350. The molecule has 136 valence electrons. The lowest BCUT2D eigenvalue weighted by Gasteiger charge is -2.25. The number of hydrogen-bond acceptors (Lipinski definition) is 3. The number of hydrogen-bond donors (Lipinski definition) is 1. The third-order valence-corrected chi connectivity index (χ3v) is 4.51. The van der Waals surface area contributed by atoms with Gasteiger partial charge in [0.15, 0.2) is 0 Å². The maximum absolute atomic E-state index is 13.3. The van der Waals surface area contributed by atoms with Crippen molar-refractivity contribution >= 4 is 11.8 Å².